The lowest BCUT2D eigenvalue weighted by Gasteiger charge is -2.44. The van der Waals surface area contributed by atoms with Crippen molar-refractivity contribution in [2.45, 2.75) is 18.3 Å². The van der Waals surface area contributed by atoms with Gasteiger partial charge in [0.25, 0.3) is 0 Å². The molecule has 0 bridgehead atoms. The normalized spacial score (nSPS) is 19.4. The molecule has 0 unspecified atom stereocenters. The zero-order valence-corrected chi connectivity index (χ0v) is 10.9. The van der Waals surface area contributed by atoms with Gasteiger partial charge in [-0.1, -0.05) is 36.4 Å². The Bertz CT molecular complexity index is 565. The Balaban J connectivity index is 1.98. The standard InChI is InChI=1S/C17H18N2/c1-3-7-15-13(5-1)17(9-11-18-12-10-17)14-6-2-4-8-16(14)19-15/h1-8,18-19H,9-12H2. The third kappa shape index (κ3) is 1.53. The van der Waals surface area contributed by atoms with Gasteiger partial charge in [-0.2, -0.15) is 0 Å². The largest absolute Gasteiger partial charge is 0.355 e. The van der Waals surface area contributed by atoms with E-state index in [2.05, 4.69) is 59.2 Å². The Morgan fingerprint density at radius 1 is 0.737 bits per heavy atom. The Labute approximate surface area is 113 Å². The van der Waals surface area contributed by atoms with E-state index < -0.39 is 0 Å². The SMILES string of the molecule is c1ccc2c(c1)Nc1ccccc1C21CCNCC1. The predicted octanol–water partition coefficient (Wildman–Crippen LogP) is 3.41. The van der Waals surface area contributed by atoms with E-state index in [-0.39, 0.29) is 5.41 Å². The number of hydrogen-bond acceptors (Lipinski definition) is 2. The lowest BCUT2D eigenvalue weighted by atomic mass is 9.66. The van der Waals surface area contributed by atoms with E-state index in [1.165, 1.54) is 35.3 Å². The smallest absolute Gasteiger partial charge is 0.0426 e. The highest BCUT2D eigenvalue weighted by Gasteiger charge is 2.41. The summed E-state index contributed by atoms with van der Waals surface area (Å²) >= 11 is 0. The molecule has 19 heavy (non-hydrogen) atoms. The molecule has 0 amide bonds. The maximum absolute atomic E-state index is 3.59. The molecule has 1 saturated heterocycles. The Morgan fingerprint density at radius 3 is 1.84 bits per heavy atom. The zero-order valence-electron chi connectivity index (χ0n) is 10.9. The van der Waals surface area contributed by atoms with Crippen LogP contribution in [0.5, 0.6) is 0 Å². The second-order valence-electron chi connectivity index (χ2n) is 5.55. The molecule has 2 heterocycles. The first-order valence-corrected chi connectivity index (χ1v) is 7.07. The highest BCUT2D eigenvalue weighted by Crippen LogP contribution is 2.49. The maximum Gasteiger partial charge on any atom is 0.0426 e. The Hall–Kier alpha value is -1.80. The number of hydrogen-bond donors (Lipinski definition) is 2. The van der Waals surface area contributed by atoms with Gasteiger partial charge in [0.2, 0.25) is 0 Å². The van der Waals surface area contributed by atoms with Crippen molar-refractivity contribution in [3.8, 4) is 0 Å². The average Bonchev–Trinajstić information content (AvgIpc) is 2.49. The topological polar surface area (TPSA) is 24.1 Å². The summed E-state index contributed by atoms with van der Waals surface area (Å²) in [7, 11) is 0. The van der Waals surface area contributed by atoms with Crippen molar-refractivity contribution in [2.24, 2.45) is 0 Å². The summed E-state index contributed by atoms with van der Waals surface area (Å²) in [6.45, 7) is 2.20. The van der Waals surface area contributed by atoms with Crippen LogP contribution in [-0.2, 0) is 5.41 Å². The first-order chi connectivity index (χ1) is 9.40. The second kappa shape index (κ2) is 4.10. The van der Waals surface area contributed by atoms with E-state index in [1.54, 1.807) is 0 Å². The van der Waals surface area contributed by atoms with E-state index in [1.807, 2.05) is 0 Å². The van der Waals surface area contributed by atoms with Crippen molar-refractivity contribution >= 4 is 11.4 Å². The fourth-order valence-corrected chi connectivity index (χ4v) is 3.70. The summed E-state index contributed by atoms with van der Waals surface area (Å²) in [4.78, 5) is 0. The van der Waals surface area contributed by atoms with Crippen LogP contribution in [0.2, 0.25) is 0 Å². The molecule has 0 atom stereocenters. The molecule has 0 aromatic heterocycles. The molecule has 2 nitrogen and oxygen atoms in total. The molecule has 96 valence electrons. The van der Waals surface area contributed by atoms with E-state index >= 15 is 0 Å². The molecule has 2 N–H and O–H groups in total. The molecule has 4 rings (SSSR count). The summed E-state index contributed by atoms with van der Waals surface area (Å²) in [5.41, 5.74) is 5.69. The molecule has 2 aromatic rings. The molecular formula is C17H18N2. The lowest BCUT2D eigenvalue weighted by Crippen LogP contribution is -2.42. The van der Waals surface area contributed by atoms with Crippen LogP contribution in [-0.4, -0.2) is 13.1 Å². The summed E-state index contributed by atoms with van der Waals surface area (Å²) in [6.07, 6.45) is 2.37. The van der Waals surface area contributed by atoms with E-state index in [9.17, 15) is 0 Å². The van der Waals surface area contributed by atoms with Crippen molar-refractivity contribution in [1.29, 1.82) is 0 Å². The second-order valence-corrected chi connectivity index (χ2v) is 5.55. The fraction of sp³-hybridized carbons (Fsp3) is 0.294. The molecule has 1 fully saturated rings. The minimum atomic E-state index is 0.198. The molecule has 2 aliphatic rings. The third-order valence-corrected chi connectivity index (χ3v) is 4.61. The number of nitrogens with one attached hydrogen (secondary N) is 2. The Kier molecular flexibility index (Phi) is 2.39. The zero-order chi connectivity index (χ0) is 12.7. The van der Waals surface area contributed by atoms with E-state index in [0.29, 0.717) is 0 Å². The first-order valence-electron chi connectivity index (χ1n) is 7.07. The molecule has 0 saturated carbocycles. The van der Waals surface area contributed by atoms with Crippen LogP contribution in [0.15, 0.2) is 48.5 Å². The third-order valence-electron chi connectivity index (χ3n) is 4.61. The molecule has 2 aliphatic heterocycles. The van der Waals surface area contributed by atoms with Crippen molar-refractivity contribution in [3.05, 3.63) is 59.7 Å². The van der Waals surface area contributed by atoms with Gasteiger partial charge in [-0.15, -0.1) is 0 Å². The van der Waals surface area contributed by atoms with Crippen LogP contribution >= 0.6 is 0 Å². The van der Waals surface area contributed by atoms with Gasteiger partial charge in [-0.3, -0.25) is 0 Å². The summed E-state index contributed by atoms with van der Waals surface area (Å²) in [5, 5.41) is 7.09. The number of fused-ring (bicyclic) bond motifs is 4. The number of benzene rings is 2. The molecule has 1 spiro atoms. The quantitative estimate of drug-likeness (QED) is 0.748. The van der Waals surface area contributed by atoms with Crippen LogP contribution in [0.1, 0.15) is 24.0 Å². The van der Waals surface area contributed by atoms with Crippen molar-refractivity contribution in [3.63, 3.8) is 0 Å². The number of para-hydroxylation sites is 2. The number of rotatable bonds is 0. The van der Waals surface area contributed by atoms with Gasteiger partial charge >= 0.3 is 0 Å². The van der Waals surface area contributed by atoms with Gasteiger partial charge in [0.05, 0.1) is 0 Å². The van der Waals surface area contributed by atoms with E-state index in [0.717, 1.165) is 13.1 Å². The Morgan fingerprint density at radius 2 is 1.26 bits per heavy atom. The minimum absolute atomic E-state index is 0.198. The highest BCUT2D eigenvalue weighted by atomic mass is 14.9. The summed E-state index contributed by atoms with van der Waals surface area (Å²) in [6, 6.07) is 17.6. The van der Waals surface area contributed by atoms with Gasteiger partial charge in [0, 0.05) is 16.8 Å². The number of anilines is 2. The summed E-state index contributed by atoms with van der Waals surface area (Å²) < 4.78 is 0. The van der Waals surface area contributed by atoms with Gasteiger partial charge < -0.3 is 10.6 Å². The molecule has 0 aliphatic carbocycles. The fourth-order valence-electron chi connectivity index (χ4n) is 3.70. The van der Waals surface area contributed by atoms with Crippen molar-refractivity contribution < 1.29 is 0 Å². The average molecular weight is 250 g/mol. The molecule has 0 radical (unpaired) electrons. The minimum Gasteiger partial charge on any atom is -0.355 e. The van der Waals surface area contributed by atoms with Gasteiger partial charge in [0.15, 0.2) is 0 Å². The lowest BCUT2D eigenvalue weighted by molar-refractivity contribution is 0.362. The molecular weight excluding hydrogens is 232 g/mol. The van der Waals surface area contributed by atoms with Crippen LogP contribution in [0.4, 0.5) is 11.4 Å². The van der Waals surface area contributed by atoms with Crippen LogP contribution in [0.3, 0.4) is 0 Å². The number of piperidine rings is 1. The highest BCUT2D eigenvalue weighted by molar-refractivity contribution is 5.75. The van der Waals surface area contributed by atoms with Crippen LogP contribution in [0.25, 0.3) is 0 Å². The predicted molar refractivity (Wildman–Crippen MR) is 79.1 cm³/mol. The van der Waals surface area contributed by atoms with Crippen molar-refractivity contribution in [1.82, 2.24) is 5.32 Å². The van der Waals surface area contributed by atoms with Gasteiger partial charge in [-0.05, 0) is 49.2 Å². The van der Waals surface area contributed by atoms with Crippen LogP contribution in [0, 0.1) is 0 Å². The molecule has 2 aromatic carbocycles. The van der Waals surface area contributed by atoms with Crippen molar-refractivity contribution in [2.75, 3.05) is 18.4 Å². The molecule has 2 heteroatoms. The summed E-state index contributed by atoms with van der Waals surface area (Å²) in [5.74, 6) is 0. The van der Waals surface area contributed by atoms with Crippen LogP contribution < -0.4 is 10.6 Å². The maximum atomic E-state index is 3.59. The van der Waals surface area contributed by atoms with Gasteiger partial charge in [-0.25, -0.2) is 0 Å². The van der Waals surface area contributed by atoms with Gasteiger partial charge in [0.1, 0.15) is 0 Å². The van der Waals surface area contributed by atoms with E-state index in [4.69, 9.17) is 0 Å². The first kappa shape index (κ1) is 11.1. The monoisotopic (exact) mass is 250 g/mol.